The second kappa shape index (κ2) is 6.75. The molecule has 3 nitrogen and oxygen atoms in total. The number of hydrogen-bond donors (Lipinski definition) is 2. The second-order valence-corrected chi connectivity index (χ2v) is 8.18. The third-order valence-corrected chi connectivity index (χ3v) is 6.28. The van der Waals surface area contributed by atoms with Crippen molar-refractivity contribution in [3.8, 4) is 23.3 Å². The molecule has 25 heavy (non-hydrogen) atoms. The molecule has 3 aliphatic carbocycles. The summed E-state index contributed by atoms with van der Waals surface area (Å²) in [5.74, 6) is 6.90. The fourth-order valence-corrected chi connectivity index (χ4v) is 4.70. The number of phenolic OH excluding ortho intramolecular Hbond substituents is 2. The van der Waals surface area contributed by atoms with E-state index in [9.17, 15) is 15.0 Å². The van der Waals surface area contributed by atoms with E-state index < -0.39 is 0 Å². The fourth-order valence-electron chi connectivity index (χ4n) is 4.70. The minimum absolute atomic E-state index is 0.0450. The number of phenols is 2. The van der Waals surface area contributed by atoms with Crippen LogP contribution in [0.15, 0.2) is 12.1 Å². The predicted octanol–water partition coefficient (Wildman–Crippen LogP) is 4.75. The Balaban J connectivity index is 1.82. The quantitative estimate of drug-likeness (QED) is 0.614. The van der Waals surface area contributed by atoms with Gasteiger partial charge in [-0.05, 0) is 36.3 Å². The van der Waals surface area contributed by atoms with Crippen LogP contribution in [0.5, 0.6) is 11.5 Å². The largest absolute Gasteiger partial charge is 0.507 e. The molecule has 0 radical (unpaired) electrons. The number of aromatic hydroxyl groups is 2. The van der Waals surface area contributed by atoms with Gasteiger partial charge in [-0.2, -0.15) is 0 Å². The molecular formula is C22H28O3. The molecule has 0 amide bonds. The number of rotatable bonds is 4. The van der Waals surface area contributed by atoms with Crippen molar-refractivity contribution in [1.82, 2.24) is 0 Å². The highest BCUT2D eigenvalue weighted by molar-refractivity contribution is 5.86. The number of unbranched alkanes of at least 4 members (excludes halogenated alkanes) is 3. The van der Waals surface area contributed by atoms with Crippen molar-refractivity contribution in [2.75, 3.05) is 0 Å². The minimum atomic E-state index is -0.0981. The van der Waals surface area contributed by atoms with Crippen molar-refractivity contribution in [3.05, 3.63) is 23.3 Å². The van der Waals surface area contributed by atoms with E-state index in [4.69, 9.17) is 0 Å². The van der Waals surface area contributed by atoms with Crippen molar-refractivity contribution in [1.29, 1.82) is 0 Å². The van der Waals surface area contributed by atoms with Gasteiger partial charge in [0.2, 0.25) is 0 Å². The van der Waals surface area contributed by atoms with Crippen molar-refractivity contribution < 1.29 is 15.0 Å². The van der Waals surface area contributed by atoms with Crippen LogP contribution >= 0.6 is 0 Å². The summed E-state index contributed by atoms with van der Waals surface area (Å²) >= 11 is 0. The van der Waals surface area contributed by atoms with E-state index in [1.807, 2.05) is 0 Å². The van der Waals surface area contributed by atoms with E-state index in [1.165, 1.54) is 0 Å². The first kappa shape index (κ1) is 17.9. The first-order chi connectivity index (χ1) is 11.9. The number of fused-ring (bicyclic) bond motifs is 2. The van der Waals surface area contributed by atoms with Gasteiger partial charge in [-0.15, -0.1) is 0 Å². The van der Waals surface area contributed by atoms with Gasteiger partial charge in [-0.3, -0.25) is 4.79 Å². The van der Waals surface area contributed by atoms with E-state index in [1.54, 1.807) is 12.1 Å². The number of Topliss-reactive ketones (excluding diaryl/α,β-unsaturated/α-hetero) is 1. The Morgan fingerprint density at radius 2 is 1.88 bits per heavy atom. The van der Waals surface area contributed by atoms with Gasteiger partial charge in [0, 0.05) is 35.8 Å². The van der Waals surface area contributed by atoms with Crippen LogP contribution < -0.4 is 0 Å². The normalized spacial score (nSPS) is 26.5. The number of hydrogen-bond acceptors (Lipinski definition) is 3. The summed E-state index contributed by atoms with van der Waals surface area (Å²) in [5.41, 5.74) is 1.11. The van der Waals surface area contributed by atoms with Gasteiger partial charge in [-0.1, -0.05) is 45.5 Å². The van der Waals surface area contributed by atoms with Crippen LogP contribution in [0.1, 0.15) is 76.3 Å². The molecule has 3 saturated carbocycles. The molecule has 0 unspecified atom stereocenters. The monoisotopic (exact) mass is 340 g/mol. The molecule has 2 N–H and O–H groups in total. The zero-order chi connectivity index (χ0) is 18.2. The molecule has 1 aromatic rings. The highest BCUT2D eigenvalue weighted by Crippen LogP contribution is 2.64. The molecule has 4 rings (SSSR count). The number of ketones is 1. The zero-order valence-electron chi connectivity index (χ0n) is 15.4. The first-order valence-corrected chi connectivity index (χ1v) is 9.43. The van der Waals surface area contributed by atoms with E-state index in [-0.39, 0.29) is 34.5 Å². The molecule has 1 aromatic carbocycles. The Labute approximate surface area is 150 Å². The lowest BCUT2D eigenvalue weighted by Crippen LogP contribution is -2.56. The van der Waals surface area contributed by atoms with Crippen LogP contribution in [0.2, 0.25) is 0 Å². The van der Waals surface area contributed by atoms with Gasteiger partial charge >= 0.3 is 0 Å². The number of benzene rings is 1. The molecule has 0 spiro atoms. The van der Waals surface area contributed by atoms with Crippen LogP contribution in [-0.4, -0.2) is 16.0 Å². The highest BCUT2D eigenvalue weighted by atomic mass is 16.3. The standard InChI is InChI=1S/C22H28O3/c1-4-5-6-7-8-9-14-10-19(24)21(20(25)11-14)15-12-18(23)17-13-16(15)22(17,2)3/h10-11,15-17,24-25H,4-7,12-13H2,1-3H3/t15-,16-,17+/m1/s1. The van der Waals surface area contributed by atoms with E-state index >= 15 is 0 Å². The summed E-state index contributed by atoms with van der Waals surface area (Å²) in [5, 5.41) is 21.0. The molecule has 0 saturated heterocycles. The molecular weight excluding hydrogens is 312 g/mol. The molecule has 0 aliphatic heterocycles. The third kappa shape index (κ3) is 3.15. The minimum Gasteiger partial charge on any atom is -0.507 e. The maximum absolute atomic E-state index is 12.4. The Bertz CT molecular complexity index is 712. The molecule has 0 heterocycles. The lowest BCUT2D eigenvalue weighted by Gasteiger charge is -2.59. The predicted molar refractivity (Wildman–Crippen MR) is 98.5 cm³/mol. The van der Waals surface area contributed by atoms with Gasteiger partial charge < -0.3 is 10.2 Å². The molecule has 2 bridgehead atoms. The second-order valence-electron chi connectivity index (χ2n) is 8.18. The summed E-state index contributed by atoms with van der Waals surface area (Å²) in [6, 6.07) is 3.26. The summed E-state index contributed by atoms with van der Waals surface area (Å²) in [6.07, 6.45) is 5.51. The van der Waals surface area contributed by atoms with E-state index in [0.29, 0.717) is 23.5 Å². The Morgan fingerprint density at radius 3 is 2.44 bits per heavy atom. The molecule has 3 aliphatic rings. The van der Waals surface area contributed by atoms with Crippen molar-refractivity contribution in [3.63, 3.8) is 0 Å². The molecule has 3 fully saturated rings. The number of carbonyl (C=O) groups is 1. The van der Waals surface area contributed by atoms with Gasteiger partial charge in [0.1, 0.15) is 17.3 Å². The maximum atomic E-state index is 12.4. The molecule has 134 valence electrons. The zero-order valence-corrected chi connectivity index (χ0v) is 15.4. The molecule has 0 aromatic heterocycles. The van der Waals surface area contributed by atoms with E-state index in [0.717, 1.165) is 32.1 Å². The Kier molecular flexibility index (Phi) is 4.82. The van der Waals surface area contributed by atoms with Gasteiger partial charge in [-0.25, -0.2) is 0 Å². The lowest BCUT2D eigenvalue weighted by atomic mass is 9.44. The number of carbonyl (C=O) groups excluding carboxylic acids is 1. The molecule has 3 atom stereocenters. The average molecular weight is 340 g/mol. The highest BCUT2D eigenvalue weighted by Gasteiger charge is 2.59. The Morgan fingerprint density at radius 1 is 1.20 bits per heavy atom. The maximum Gasteiger partial charge on any atom is 0.137 e. The van der Waals surface area contributed by atoms with Crippen LogP contribution in [0.3, 0.4) is 0 Å². The van der Waals surface area contributed by atoms with Crippen molar-refractivity contribution >= 4 is 5.78 Å². The van der Waals surface area contributed by atoms with Crippen LogP contribution in [0, 0.1) is 29.1 Å². The average Bonchev–Trinajstić information content (AvgIpc) is 2.53. The van der Waals surface area contributed by atoms with Gasteiger partial charge in [0.05, 0.1) is 0 Å². The van der Waals surface area contributed by atoms with Crippen LogP contribution in [0.4, 0.5) is 0 Å². The fraction of sp³-hybridized carbons (Fsp3) is 0.591. The lowest BCUT2D eigenvalue weighted by molar-refractivity contribution is -0.151. The first-order valence-electron chi connectivity index (χ1n) is 9.43. The molecule has 3 heteroatoms. The summed E-state index contributed by atoms with van der Waals surface area (Å²) in [4.78, 5) is 12.4. The SMILES string of the molecule is CCCCCC#Cc1cc(O)c([C@@H]2CC(=O)[C@@H]3C[C@H]2C3(C)C)c(O)c1. The summed E-state index contributed by atoms with van der Waals surface area (Å²) < 4.78 is 0. The van der Waals surface area contributed by atoms with Crippen LogP contribution in [-0.2, 0) is 4.79 Å². The van der Waals surface area contributed by atoms with Crippen molar-refractivity contribution in [2.24, 2.45) is 17.3 Å². The third-order valence-electron chi connectivity index (χ3n) is 6.28. The summed E-state index contributed by atoms with van der Waals surface area (Å²) in [6.45, 7) is 6.41. The smallest absolute Gasteiger partial charge is 0.137 e. The van der Waals surface area contributed by atoms with Crippen LogP contribution in [0.25, 0.3) is 0 Å². The Hall–Kier alpha value is -1.95. The summed E-state index contributed by atoms with van der Waals surface area (Å²) in [7, 11) is 0. The van der Waals surface area contributed by atoms with Gasteiger partial charge in [0.15, 0.2) is 0 Å². The van der Waals surface area contributed by atoms with E-state index in [2.05, 4.69) is 32.6 Å². The topological polar surface area (TPSA) is 57.5 Å². The van der Waals surface area contributed by atoms with Gasteiger partial charge in [0.25, 0.3) is 0 Å². The van der Waals surface area contributed by atoms with Crippen molar-refractivity contribution in [2.45, 2.75) is 65.2 Å².